The van der Waals surface area contributed by atoms with Gasteiger partial charge in [-0.15, -0.1) is 0 Å². The van der Waals surface area contributed by atoms with Crippen LogP contribution in [0.2, 0.25) is 0 Å². The fraction of sp³-hybridized carbons (Fsp3) is 0.300. The summed E-state index contributed by atoms with van der Waals surface area (Å²) in [6.45, 7) is 4.87. The van der Waals surface area contributed by atoms with Crippen molar-refractivity contribution in [2.45, 2.75) is 32.4 Å². The zero-order valence-electron chi connectivity index (χ0n) is 14.0. The van der Waals surface area contributed by atoms with Gasteiger partial charge in [0.1, 0.15) is 11.5 Å². The molecule has 4 nitrogen and oxygen atoms in total. The Morgan fingerprint density at radius 2 is 2.08 bits per heavy atom. The summed E-state index contributed by atoms with van der Waals surface area (Å²) in [6, 6.07) is 14.1. The SMILES string of the molecule is CCOc1ccc2[nH]c3c(c2c1)CC(C)NC3c1cccc(O)c1. The molecule has 2 atom stereocenters. The van der Waals surface area contributed by atoms with Gasteiger partial charge < -0.3 is 20.1 Å². The summed E-state index contributed by atoms with van der Waals surface area (Å²) in [6.07, 6.45) is 0.972. The van der Waals surface area contributed by atoms with E-state index in [4.69, 9.17) is 4.74 Å². The third kappa shape index (κ3) is 2.53. The zero-order chi connectivity index (χ0) is 16.7. The highest BCUT2D eigenvalue weighted by molar-refractivity contribution is 5.86. The fourth-order valence-corrected chi connectivity index (χ4v) is 3.67. The second kappa shape index (κ2) is 5.87. The first-order valence-electron chi connectivity index (χ1n) is 8.48. The van der Waals surface area contributed by atoms with Crippen molar-refractivity contribution < 1.29 is 9.84 Å². The van der Waals surface area contributed by atoms with Crippen LogP contribution < -0.4 is 10.1 Å². The number of hydrogen-bond donors (Lipinski definition) is 3. The first-order chi connectivity index (χ1) is 11.7. The molecule has 0 spiro atoms. The molecule has 4 rings (SSSR count). The first kappa shape index (κ1) is 15.1. The maximum atomic E-state index is 9.84. The minimum atomic E-state index is 0.0544. The van der Waals surface area contributed by atoms with Crippen LogP contribution in [0.4, 0.5) is 0 Å². The van der Waals surface area contributed by atoms with Gasteiger partial charge in [0.05, 0.1) is 12.6 Å². The Labute approximate surface area is 141 Å². The van der Waals surface area contributed by atoms with Crippen molar-refractivity contribution in [3.8, 4) is 11.5 Å². The lowest BCUT2D eigenvalue weighted by molar-refractivity contribution is 0.340. The van der Waals surface area contributed by atoms with Crippen LogP contribution in [-0.4, -0.2) is 22.7 Å². The van der Waals surface area contributed by atoms with Crippen molar-refractivity contribution >= 4 is 10.9 Å². The molecule has 124 valence electrons. The second-order valence-corrected chi connectivity index (χ2v) is 6.46. The van der Waals surface area contributed by atoms with Crippen molar-refractivity contribution in [1.82, 2.24) is 10.3 Å². The fourth-order valence-electron chi connectivity index (χ4n) is 3.67. The summed E-state index contributed by atoms with van der Waals surface area (Å²) in [5.74, 6) is 1.20. The molecule has 0 fully saturated rings. The molecule has 0 saturated carbocycles. The molecule has 24 heavy (non-hydrogen) atoms. The third-order valence-electron chi connectivity index (χ3n) is 4.68. The van der Waals surface area contributed by atoms with Gasteiger partial charge in [-0.05, 0) is 61.7 Å². The van der Waals surface area contributed by atoms with Gasteiger partial charge in [-0.2, -0.15) is 0 Å². The van der Waals surface area contributed by atoms with Gasteiger partial charge in [-0.25, -0.2) is 0 Å². The van der Waals surface area contributed by atoms with E-state index in [1.807, 2.05) is 25.1 Å². The lowest BCUT2D eigenvalue weighted by atomic mass is 9.91. The maximum absolute atomic E-state index is 9.84. The number of fused-ring (bicyclic) bond motifs is 3. The Kier molecular flexibility index (Phi) is 3.69. The van der Waals surface area contributed by atoms with E-state index in [0.717, 1.165) is 23.3 Å². The second-order valence-electron chi connectivity index (χ2n) is 6.46. The Morgan fingerprint density at radius 3 is 2.88 bits per heavy atom. The predicted octanol–water partition coefficient (Wildman–Crippen LogP) is 3.90. The molecule has 4 heteroatoms. The molecule has 1 aliphatic rings. The smallest absolute Gasteiger partial charge is 0.120 e. The molecule has 0 saturated heterocycles. The molecule has 0 aliphatic carbocycles. The number of phenols is 1. The number of aromatic amines is 1. The summed E-state index contributed by atoms with van der Waals surface area (Å²) in [5.41, 5.74) is 4.72. The van der Waals surface area contributed by atoms with Crippen molar-refractivity contribution in [3.05, 3.63) is 59.3 Å². The lowest BCUT2D eigenvalue weighted by Crippen LogP contribution is -2.37. The van der Waals surface area contributed by atoms with Crippen LogP contribution in [0.3, 0.4) is 0 Å². The largest absolute Gasteiger partial charge is 0.508 e. The Bertz CT molecular complexity index is 884. The zero-order valence-corrected chi connectivity index (χ0v) is 14.0. The number of rotatable bonds is 3. The van der Waals surface area contributed by atoms with Crippen LogP contribution in [0.25, 0.3) is 10.9 Å². The van der Waals surface area contributed by atoms with Crippen molar-refractivity contribution in [2.24, 2.45) is 0 Å². The number of hydrogen-bond acceptors (Lipinski definition) is 3. The highest BCUT2D eigenvalue weighted by atomic mass is 16.5. The maximum Gasteiger partial charge on any atom is 0.120 e. The molecule has 1 aromatic heterocycles. The average molecular weight is 322 g/mol. The van der Waals surface area contributed by atoms with Crippen LogP contribution in [0.1, 0.15) is 36.7 Å². The number of H-pyrrole nitrogens is 1. The van der Waals surface area contributed by atoms with Crippen LogP contribution in [0.5, 0.6) is 11.5 Å². The minimum absolute atomic E-state index is 0.0544. The average Bonchev–Trinajstić information content (AvgIpc) is 2.92. The van der Waals surface area contributed by atoms with Crippen molar-refractivity contribution in [3.63, 3.8) is 0 Å². The topological polar surface area (TPSA) is 57.3 Å². The molecule has 0 amide bonds. The number of ether oxygens (including phenoxy) is 1. The third-order valence-corrected chi connectivity index (χ3v) is 4.68. The van der Waals surface area contributed by atoms with Gasteiger partial charge >= 0.3 is 0 Å². The standard InChI is InChI=1S/C20H22N2O2/c1-3-24-15-7-8-18-16(11-15)17-9-12(2)21-19(20(17)22-18)13-5-4-6-14(23)10-13/h4-8,10-12,19,21-23H,3,9H2,1-2H3. The molecule has 3 N–H and O–H groups in total. The summed E-state index contributed by atoms with van der Waals surface area (Å²) in [4.78, 5) is 3.57. The van der Waals surface area contributed by atoms with Crippen LogP contribution >= 0.6 is 0 Å². The highest BCUT2D eigenvalue weighted by Crippen LogP contribution is 2.37. The number of nitrogens with one attached hydrogen (secondary N) is 2. The Balaban J connectivity index is 1.86. The summed E-state index contributed by atoms with van der Waals surface area (Å²) < 4.78 is 5.67. The van der Waals surface area contributed by atoms with E-state index in [2.05, 4.69) is 35.4 Å². The number of aromatic nitrogens is 1. The van der Waals surface area contributed by atoms with E-state index < -0.39 is 0 Å². The van der Waals surface area contributed by atoms with Gasteiger partial charge in [0.15, 0.2) is 0 Å². The van der Waals surface area contributed by atoms with Crippen molar-refractivity contribution in [2.75, 3.05) is 6.61 Å². The van der Waals surface area contributed by atoms with Gasteiger partial charge in [-0.3, -0.25) is 0 Å². The summed E-state index contributed by atoms with van der Waals surface area (Å²) >= 11 is 0. The van der Waals surface area contributed by atoms with E-state index >= 15 is 0 Å². The summed E-state index contributed by atoms with van der Waals surface area (Å²) in [5, 5.41) is 14.7. The van der Waals surface area contributed by atoms with E-state index in [0.29, 0.717) is 18.4 Å². The Hall–Kier alpha value is -2.46. The van der Waals surface area contributed by atoms with Crippen molar-refractivity contribution in [1.29, 1.82) is 0 Å². The lowest BCUT2D eigenvalue weighted by Gasteiger charge is -2.29. The molecule has 2 aromatic carbocycles. The predicted molar refractivity (Wildman–Crippen MR) is 95.7 cm³/mol. The number of phenolic OH excluding ortho intramolecular Hbond substituents is 1. The molecule has 0 bridgehead atoms. The quantitative estimate of drug-likeness (QED) is 0.685. The van der Waals surface area contributed by atoms with E-state index in [9.17, 15) is 5.11 Å². The van der Waals surface area contributed by atoms with E-state index in [-0.39, 0.29) is 6.04 Å². The molecule has 2 heterocycles. The molecule has 1 aliphatic heterocycles. The molecule has 3 aromatic rings. The van der Waals surface area contributed by atoms with Crippen LogP contribution in [0.15, 0.2) is 42.5 Å². The van der Waals surface area contributed by atoms with Crippen LogP contribution in [0, 0.1) is 0 Å². The Morgan fingerprint density at radius 1 is 1.21 bits per heavy atom. The summed E-state index contributed by atoms with van der Waals surface area (Å²) in [7, 11) is 0. The molecular weight excluding hydrogens is 300 g/mol. The molecular formula is C20H22N2O2. The highest BCUT2D eigenvalue weighted by Gasteiger charge is 2.28. The van der Waals surface area contributed by atoms with E-state index in [1.165, 1.54) is 16.6 Å². The van der Waals surface area contributed by atoms with Gasteiger partial charge in [-0.1, -0.05) is 12.1 Å². The van der Waals surface area contributed by atoms with Gasteiger partial charge in [0.25, 0.3) is 0 Å². The van der Waals surface area contributed by atoms with Crippen LogP contribution in [-0.2, 0) is 6.42 Å². The normalized spacial score (nSPS) is 20.1. The molecule has 0 radical (unpaired) electrons. The van der Waals surface area contributed by atoms with E-state index in [1.54, 1.807) is 6.07 Å². The first-order valence-corrected chi connectivity index (χ1v) is 8.48. The number of aromatic hydroxyl groups is 1. The van der Waals surface area contributed by atoms with Gasteiger partial charge in [0.2, 0.25) is 0 Å². The monoisotopic (exact) mass is 322 g/mol. The minimum Gasteiger partial charge on any atom is -0.508 e. The molecule has 2 unspecified atom stereocenters. The van der Waals surface area contributed by atoms with Gasteiger partial charge in [0, 0.05) is 22.6 Å². The number of benzene rings is 2.